The highest BCUT2D eigenvalue weighted by Crippen LogP contribution is 2.36. The van der Waals surface area contributed by atoms with Crippen LogP contribution in [0, 0.1) is 6.92 Å². The Morgan fingerprint density at radius 2 is 1.82 bits per heavy atom. The Bertz CT molecular complexity index is 1340. The van der Waals surface area contributed by atoms with Crippen molar-refractivity contribution in [3.05, 3.63) is 75.4 Å². The number of benzene rings is 2. The molecule has 5 nitrogen and oxygen atoms in total. The number of rotatable bonds is 7. The van der Waals surface area contributed by atoms with E-state index >= 15 is 0 Å². The van der Waals surface area contributed by atoms with Crippen LogP contribution in [0.2, 0.25) is 0 Å². The van der Waals surface area contributed by atoms with E-state index in [4.69, 9.17) is 4.98 Å². The zero-order valence-electron chi connectivity index (χ0n) is 19.1. The van der Waals surface area contributed by atoms with Crippen molar-refractivity contribution in [2.75, 3.05) is 5.32 Å². The van der Waals surface area contributed by atoms with E-state index in [-0.39, 0.29) is 16.7 Å². The average molecular weight is 478 g/mol. The van der Waals surface area contributed by atoms with Crippen molar-refractivity contribution in [2.45, 2.75) is 50.4 Å². The minimum absolute atomic E-state index is 0.0920. The Kier molecular flexibility index (Phi) is 7.00. The molecule has 0 aliphatic carbocycles. The summed E-state index contributed by atoms with van der Waals surface area (Å²) >= 11 is 2.81. The molecule has 0 saturated carbocycles. The number of carbonyl (C=O) groups excluding carboxylic acids is 1. The monoisotopic (exact) mass is 477 g/mol. The number of thiophene rings is 1. The molecule has 2 N–H and O–H groups in total. The van der Waals surface area contributed by atoms with Gasteiger partial charge in [-0.1, -0.05) is 81.1 Å². The Morgan fingerprint density at radius 1 is 1.12 bits per heavy atom. The minimum atomic E-state index is -0.375. The van der Waals surface area contributed by atoms with Crippen LogP contribution in [0.1, 0.15) is 43.6 Å². The topological polar surface area (TPSA) is 74.8 Å². The summed E-state index contributed by atoms with van der Waals surface area (Å²) in [6.07, 6.45) is 0.612. The summed E-state index contributed by atoms with van der Waals surface area (Å²) in [5, 5.41) is 3.77. The molecule has 1 unspecified atom stereocenters. The van der Waals surface area contributed by atoms with Crippen molar-refractivity contribution in [3.8, 4) is 11.1 Å². The van der Waals surface area contributed by atoms with Crippen molar-refractivity contribution in [1.29, 1.82) is 0 Å². The van der Waals surface area contributed by atoms with Gasteiger partial charge in [-0.15, -0.1) is 11.3 Å². The molecule has 0 aliphatic rings. The molecule has 7 heteroatoms. The van der Waals surface area contributed by atoms with Crippen LogP contribution >= 0.6 is 23.1 Å². The number of thioether (sulfide) groups is 1. The predicted molar refractivity (Wildman–Crippen MR) is 140 cm³/mol. The van der Waals surface area contributed by atoms with E-state index in [1.54, 1.807) is 0 Å². The van der Waals surface area contributed by atoms with Crippen LogP contribution in [0.3, 0.4) is 0 Å². The standard InChI is InChI=1S/C26H27N3O2S2/c1-5-20(23(30)27-19-14-10-9-13-18(19)15(2)3)33-26-28-24(31)22-21(16(4)32-25(22)29-26)17-11-7-6-8-12-17/h6-15,20H,5H2,1-4H3,(H,27,30)(H,28,29,31). The Morgan fingerprint density at radius 3 is 2.52 bits per heavy atom. The molecule has 2 aromatic heterocycles. The number of carbonyl (C=O) groups is 1. The minimum Gasteiger partial charge on any atom is -0.325 e. The zero-order chi connectivity index (χ0) is 23.5. The van der Waals surface area contributed by atoms with E-state index in [1.165, 1.54) is 23.1 Å². The highest BCUT2D eigenvalue weighted by molar-refractivity contribution is 8.00. The van der Waals surface area contributed by atoms with Gasteiger partial charge < -0.3 is 10.3 Å². The van der Waals surface area contributed by atoms with Gasteiger partial charge in [0, 0.05) is 16.1 Å². The first kappa shape index (κ1) is 23.3. The van der Waals surface area contributed by atoms with Gasteiger partial charge in [0.1, 0.15) is 4.83 Å². The summed E-state index contributed by atoms with van der Waals surface area (Å²) in [5.74, 6) is 0.209. The molecule has 0 aliphatic heterocycles. The van der Waals surface area contributed by atoms with Gasteiger partial charge in [0.2, 0.25) is 5.91 Å². The molecule has 170 valence electrons. The van der Waals surface area contributed by atoms with Gasteiger partial charge in [0.05, 0.1) is 10.6 Å². The van der Waals surface area contributed by atoms with E-state index in [9.17, 15) is 9.59 Å². The number of aromatic amines is 1. The summed E-state index contributed by atoms with van der Waals surface area (Å²) in [5.41, 5.74) is 3.68. The number of para-hydroxylation sites is 1. The molecule has 0 fully saturated rings. The van der Waals surface area contributed by atoms with Gasteiger partial charge in [-0.3, -0.25) is 9.59 Å². The van der Waals surface area contributed by atoms with Gasteiger partial charge >= 0.3 is 0 Å². The fraction of sp³-hybridized carbons (Fsp3) is 0.269. The number of H-pyrrole nitrogens is 1. The summed E-state index contributed by atoms with van der Waals surface area (Å²) < 4.78 is 0. The van der Waals surface area contributed by atoms with Gasteiger partial charge in [-0.2, -0.15) is 0 Å². The van der Waals surface area contributed by atoms with Crippen LogP contribution in [0.15, 0.2) is 64.5 Å². The van der Waals surface area contributed by atoms with Crippen molar-refractivity contribution < 1.29 is 4.79 Å². The lowest BCUT2D eigenvalue weighted by atomic mass is 10.0. The third kappa shape index (κ3) is 4.89. The van der Waals surface area contributed by atoms with Crippen LogP contribution in [-0.2, 0) is 4.79 Å². The first-order valence-corrected chi connectivity index (χ1v) is 12.7. The quantitative estimate of drug-likeness (QED) is 0.232. The number of nitrogens with zero attached hydrogens (tertiary/aromatic N) is 1. The largest absolute Gasteiger partial charge is 0.325 e. The van der Waals surface area contributed by atoms with Crippen LogP contribution in [0.4, 0.5) is 5.69 Å². The van der Waals surface area contributed by atoms with Crippen LogP contribution in [-0.4, -0.2) is 21.1 Å². The smallest absolute Gasteiger partial charge is 0.260 e. The van der Waals surface area contributed by atoms with E-state index in [0.29, 0.717) is 27.7 Å². The molecule has 0 saturated heterocycles. The van der Waals surface area contributed by atoms with Crippen molar-refractivity contribution in [3.63, 3.8) is 0 Å². The fourth-order valence-electron chi connectivity index (χ4n) is 3.89. The molecular weight excluding hydrogens is 450 g/mol. The number of amides is 1. The van der Waals surface area contributed by atoms with Gasteiger partial charge in [-0.25, -0.2) is 4.98 Å². The van der Waals surface area contributed by atoms with Gasteiger partial charge in [0.25, 0.3) is 5.56 Å². The Hall–Kier alpha value is -2.90. The fourth-order valence-corrected chi connectivity index (χ4v) is 5.89. The summed E-state index contributed by atoms with van der Waals surface area (Å²) in [7, 11) is 0. The van der Waals surface area contributed by atoms with Crippen molar-refractivity contribution in [2.24, 2.45) is 0 Å². The van der Waals surface area contributed by atoms with E-state index < -0.39 is 0 Å². The highest BCUT2D eigenvalue weighted by Gasteiger charge is 2.22. The maximum absolute atomic E-state index is 13.1. The SMILES string of the molecule is CCC(Sc1nc2sc(C)c(-c3ccccc3)c2c(=O)[nH]1)C(=O)Nc1ccccc1C(C)C. The molecule has 0 bridgehead atoms. The normalized spacial score (nSPS) is 12.3. The maximum atomic E-state index is 13.1. The third-order valence-electron chi connectivity index (χ3n) is 5.54. The molecular formula is C26H27N3O2S2. The Balaban J connectivity index is 1.62. The van der Waals surface area contributed by atoms with Crippen LogP contribution in [0.5, 0.6) is 0 Å². The number of hydrogen-bond acceptors (Lipinski definition) is 5. The van der Waals surface area contributed by atoms with Gasteiger partial charge in [-0.05, 0) is 36.5 Å². The summed E-state index contributed by atoms with van der Waals surface area (Å²) in [4.78, 5) is 35.5. The molecule has 0 spiro atoms. The molecule has 2 aromatic carbocycles. The molecule has 4 rings (SSSR count). The van der Waals surface area contributed by atoms with E-state index in [0.717, 1.165) is 27.3 Å². The second kappa shape index (κ2) is 9.93. The number of aryl methyl sites for hydroxylation is 1. The lowest BCUT2D eigenvalue weighted by molar-refractivity contribution is -0.115. The third-order valence-corrected chi connectivity index (χ3v) is 7.78. The number of nitrogens with one attached hydrogen (secondary N) is 2. The van der Waals surface area contributed by atoms with Crippen LogP contribution in [0.25, 0.3) is 21.3 Å². The molecule has 4 aromatic rings. The average Bonchev–Trinajstić information content (AvgIpc) is 3.14. The van der Waals surface area contributed by atoms with Crippen molar-refractivity contribution in [1.82, 2.24) is 9.97 Å². The number of anilines is 1. The second-order valence-corrected chi connectivity index (χ2v) is 10.6. The number of hydrogen-bond donors (Lipinski definition) is 2. The highest BCUT2D eigenvalue weighted by atomic mass is 32.2. The molecule has 1 amide bonds. The molecule has 0 radical (unpaired) electrons. The number of fused-ring (bicyclic) bond motifs is 1. The summed E-state index contributed by atoms with van der Waals surface area (Å²) in [6, 6.07) is 17.8. The Labute approximate surface area is 201 Å². The first-order chi connectivity index (χ1) is 15.9. The van der Waals surface area contributed by atoms with E-state index in [1.807, 2.05) is 68.4 Å². The molecule has 1 atom stereocenters. The van der Waals surface area contributed by atoms with Crippen LogP contribution < -0.4 is 10.9 Å². The second-order valence-electron chi connectivity index (χ2n) is 8.20. The molecule has 2 heterocycles. The predicted octanol–water partition coefficient (Wildman–Crippen LogP) is 6.59. The lowest BCUT2D eigenvalue weighted by Gasteiger charge is -2.17. The van der Waals surface area contributed by atoms with Crippen molar-refractivity contribution >= 4 is 44.9 Å². The molecule has 33 heavy (non-hydrogen) atoms. The lowest BCUT2D eigenvalue weighted by Crippen LogP contribution is -2.26. The maximum Gasteiger partial charge on any atom is 0.260 e. The summed E-state index contributed by atoms with van der Waals surface area (Å²) in [6.45, 7) is 8.18. The first-order valence-electron chi connectivity index (χ1n) is 11.0. The number of aromatic nitrogens is 2. The van der Waals surface area contributed by atoms with Gasteiger partial charge in [0.15, 0.2) is 5.16 Å². The van der Waals surface area contributed by atoms with E-state index in [2.05, 4.69) is 24.1 Å². The zero-order valence-corrected chi connectivity index (χ0v) is 20.8.